The molecule has 4 N–H and O–H groups in total. The SMILES string of the molecule is C=CCc1cc(C)c(NC(=O)Nc2cc3ccccc3cc2C(=O)NC(C)(C(=O)O)C2CCCCC2)c(C)c1.[Pd].c1ccc(P(c2ccccc2)c2ccccc2)cc1.c1ccc(P(c2ccccc2)c2ccccc2)cc1.c1ccc(P(c2ccccc2)c2ccccc2)cc1.c1ccc(P(c2ccccc2)c2ccccc2)cc1. The van der Waals surface area contributed by atoms with E-state index >= 15 is 0 Å². The van der Waals surface area contributed by atoms with Crippen LogP contribution >= 0.6 is 31.7 Å². The van der Waals surface area contributed by atoms with E-state index in [4.69, 9.17) is 0 Å². The maximum absolute atomic E-state index is 13.7. The third-order valence-electron chi connectivity index (χ3n) is 20.0. The van der Waals surface area contributed by atoms with E-state index in [9.17, 15) is 19.5 Å². The minimum atomic E-state index is -1.41. The number of aryl methyl sites for hydroxylation is 2. The molecule has 1 saturated carbocycles. The summed E-state index contributed by atoms with van der Waals surface area (Å²) in [6.07, 6.45) is 7.03. The van der Waals surface area contributed by atoms with Crippen LogP contribution in [0.25, 0.3) is 10.8 Å². The number of anilines is 2. The van der Waals surface area contributed by atoms with Crippen molar-refractivity contribution in [2.45, 2.75) is 64.8 Å². The first-order chi connectivity index (χ1) is 56.4. The molecule has 0 spiro atoms. The number of rotatable bonds is 20. The van der Waals surface area contributed by atoms with Gasteiger partial charge in [-0.05, 0) is 181 Å². The zero-order valence-electron chi connectivity index (χ0n) is 65.6. The summed E-state index contributed by atoms with van der Waals surface area (Å²) >= 11 is 0. The molecule has 116 heavy (non-hydrogen) atoms. The molecule has 0 bridgehead atoms. The number of carbonyl (C=O) groups excluding carboxylic acids is 2. The molecule has 7 nitrogen and oxygen atoms in total. The van der Waals surface area contributed by atoms with Crippen LogP contribution in [0.3, 0.4) is 0 Å². The fourth-order valence-corrected chi connectivity index (χ4v) is 23.6. The van der Waals surface area contributed by atoms with Crippen LogP contribution in [0.5, 0.6) is 0 Å². The van der Waals surface area contributed by atoms with Gasteiger partial charge in [-0.3, -0.25) is 4.79 Å². The summed E-state index contributed by atoms with van der Waals surface area (Å²) in [5.41, 5.74) is 2.75. The number of carboxylic acids is 1. The minimum absolute atomic E-state index is 0. The average molecular weight is 1680 g/mol. The second-order valence-electron chi connectivity index (χ2n) is 28.1. The van der Waals surface area contributed by atoms with Crippen molar-refractivity contribution in [3.05, 3.63) is 447 Å². The molecule has 16 rings (SSSR count). The molecule has 1 fully saturated rings. The maximum atomic E-state index is 13.7. The summed E-state index contributed by atoms with van der Waals surface area (Å²) in [5.74, 6) is -1.75. The van der Waals surface area contributed by atoms with Crippen LogP contribution < -0.4 is 79.6 Å². The summed E-state index contributed by atoms with van der Waals surface area (Å²) in [6, 6.07) is 144. The van der Waals surface area contributed by atoms with Crippen molar-refractivity contribution in [1.29, 1.82) is 0 Å². The molecule has 1 aliphatic carbocycles. The minimum Gasteiger partial charge on any atom is -0.480 e. The molecule has 12 heteroatoms. The van der Waals surface area contributed by atoms with Crippen LogP contribution in [0.4, 0.5) is 16.2 Å². The van der Waals surface area contributed by atoms with Gasteiger partial charge < -0.3 is 21.1 Å². The van der Waals surface area contributed by atoms with E-state index in [0.29, 0.717) is 11.4 Å². The molecule has 0 heterocycles. The number of amides is 3. The van der Waals surface area contributed by atoms with Crippen molar-refractivity contribution in [1.82, 2.24) is 5.32 Å². The Morgan fingerprint density at radius 1 is 0.362 bits per heavy atom. The van der Waals surface area contributed by atoms with Gasteiger partial charge in [-0.2, -0.15) is 0 Å². The van der Waals surface area contributed by atoms with Crippen molar-refractivity contribution in [3.63, 3.8) is 0 Å². The van der Waals surface area contributed by atoms with E-state index in [1.54, 1.807) is 19.1 Å². The van der Waals surface area contributed by atoms with Crippen LogP contribution in [0.2, 0.25) is 0 Å². The van der Waals surface area contributed by atoms with E-state index in [-0.39, 0.29) is 31.9 Å². The van der Waals surface area contributed by atoms with Gasteiger partial charge in [0.1, 0.15) is 5.54 Å². The number of carboxylic acid groups (broad SMARTS) is 1. The van der Waals surface area contributed by atoms with E-state index in [1.807, 2.05) is 56.3 Å². The second kappa shape index (κ2) is 44.7. The molecular formula is C104H97N3O4P4Pd. The molecular weight excluding hydrogens is 1590 g/mol. The van der Waals surface area contributed by atoms with Crippen LogP contribution in [0.1, 0.15) is 66.1 Å². The first-order valence-electron chi connectivity index (χ1n) is 39.1. The van der Waals surface area contributed by atoms with Crippen molar-refractivity contribution >= 4 is 135 Å². The molecule has 1 atom stereocenters. The number of benzene rings is 15. The fourth-order valence-electron chi connectivity index (χ4n) is 14.4. The Kier molecular flexibility index (Phi) is 33.0. The van der Waals surface area contributed by atoms with E-state index < -0.39 is 55.1 Å². The van der Waals surface area contributed by atoms with Gasteiger partial charge in [-0.25, -0.2) is 9.59 Å². The molecule has 3 amide bonds. The number of carbonyl (C=O) groups is 3. The zero-order valence-corrected chi connectivity index (χ0v) is 70.8. The van der Waals surface area contributed by atoms with Gasteiger partial charge in [0, 0.05) is 26.1 Å². The van der Waals surface area contributed by atoms with Gasteiger partial charge in [0.15, 0.2) is 0 Å². The topological polar surface area (TPSA) is 108 Å². The van der Waals surface area contributed by atoms with Crippen molar-refractivity contribution in [3.8, 4) is 0 Å². The number of hydrogen-bond acceptors (Lipinski definition) is 3. The van der Waals surface area contributed by atoms with Gasteiger partial charge >= 0.3 is 12.0 Å². The third kappa shape index (κ3) is 23.8. The first kappa shape index (κ1) is 85.8. The van der Waals surface area contributed by atoms with E-state index in [2.05, 4.69) is 387 Å². The van der Waals surface area contributed by atoms with Crippen LogP contribution in [-0.4, -0.2) is 28.6 Å². The standard InChI is InChI=1S/C32H37N3O4.4C18H15P.Pd/c1-5-11-22-16-20(2)28(21(3)17-22)34-31(39)33-27-19-24-13-10-9-12-23(24)18-26(27)29(36)35-32(4,30(37)38)25-14-7-6-8-15-25;4*1-4-10-16(11-5-1)19(17-12-6-2-7-13-17)18-14-8-3-9-15-18;/h5,9-10,12-13,16-19,25H,1,6-8,11,14-15H2,2-4H3,(H,35,36)(H,37,38)(H2,33,34,39);4*1-15H;. The maximum Gasteiger partial charge on any atom is 0.329 e. The van der Waals surface area contributed by atoms with Crippen molar-refractivity contribution < 1.29 is 39.9 Å². The number of fused-ring (bicyclic) bond motifs is 1. The van der Waals surface area contributed by atoms with E-state index in [0.717, 1.165) is 66.0 Å². The third-order valence-corrected chi connectivity index (χ3v) is 29.8. The van der Waals surface area contributed by atoms with Gasteiger partial charge in [-0.15, -0.1) is 6.58 Å². The zero-order chi connectivity index (χ0) is 79.8. The number of aliphatic carboxylic acids is 1. The van der Waals surface area contributed by atoms with Gasteiger partial charge in [-0.1, -0.05) is 426 Å². The van der Waals surface area contributed by atoms with Crippen molar-refractivity contribution in [2.75, 3.05) is 10.6 Å². The van der Waals surface area contributed by atoms with Crippen LogP contribution in [-0.2, 0) is 31.6 Å². The van der Waals surface area contributed by atoms with Crippen LogP contribution in [0, 0.1) is 19.8 Å². The Hall–Kier alpha value is -11.1. The smallest absolute Gasteiger partial charge is 0.329 e. The van der Waals surface area contributed by atoms with E-state index in [1.165, 1.54) is 63.7 Å². The largest absolute Gasteiger partial charge is 0.480 e. The summed E-state index contributed by atoms with van der Waals surface area (Å²) in [6.45, 7) is 9.24. The Morgan fingerprint density at radius 3 is 0.845 bits per heavy atom. The van der Waals surface area contributed by atoms with Gasteiger partial charge in [0.2, 0.25) is 0 Å². The molecule has 0 aliphatic heterocycles. The van der Waals surface area contributed by atoms with Gasteiger partial charge in [0.05, 0.1) is 11.3 Å². The molecule has 0 aromatic heterocycles. The number of urea groups is 1. The normalized spacial score (nSPS) is 12.1. The second-order valence-corrected chi connectivity index (χ2v) is 37.0. The first-order valence-corrected chi connectivity index (χ1v) is 44.5. The molecule has 15 aromatic carbocycles. The Labute approximate surface area is 704 Å². The molecule has 0 radical (unpaired) electrons. The predicted octanol–water partition coefficient (Wildman–Crippen LogP) is 20.8. The number of nitrogens with one attached hydrogen (secondary N) is 3. The molecule has 0 saturated heterocycles. The fraction of sp³-hybridized carbons (Fsp3) is 0.106. The molecule has 1 aliphatic rings. The number of allylic oxidation sites excluding steroid dienone is 1. The Morgan fingerprint density at radius 2 is 0.603 bits per heavy atom. The molecule has 15 aromatic rings. The summed E-state index contributed by atoms with van der Waals surface area (Å²) in [7, 11) is -1.78. The molecule has 582 valence electrons. The van der Waals surface area contributed by atoms with Gasteiger partial charge in [0.25, 0.3) is 5.91 Å². The van der Waals surface area contributed by atoms with Crippen molar-refractivity contribution in [2.24, 2.45) is 5.92 Å². The summed E-state index contributed by atoms with van der Waals surface area (Å²) in [5, 5.41) is 37.2. The summed E-state index contributed by atoms with van der Waals surface area (Å²) in [4.78, 5) is 39.2. The Bertz CT molecular complexity index is 4610. The average Bonchev–Trinajstić information content (AvgIpc) is 0.774. The molecule has 1 unspecified atom stereocenters. The number of hydrogen-bond donors (Lipinski definition) is 4. The Balaban J connectivity index is 0.000000148. The summed E-state index contributed by atoms with van der Waals surface area (Å²) < 4.78 is 0. The predicted molar refractivity (Wildman–Crippen MR) is 497 cm³/mol. The quantitative estimate of drug-likeness (QED) is 0.0346. The monoisotopic (exact) mass is 1680 g/mol. The van der Waals surface area contributed by atoms with Crippen LogP contribution in [0.15, 0.2) is 425 Å².